The smallest absolute Gasteiger partial charge is 0.182 e. The number of hydrogen-bond donors (Lipinski definition) is 2. The van der Waals surface area contributed by atoms with Crippen molar-refractivity contribution >= 4 is 17.0 Å². The van der Waals surface area contributed by atoms with E-state index in [-0.39, 0.29) is 6.30 Å². The summed E-state index contributed by atoms with van der Waals surface area (Å²) in [6.45, 7) is 0.519. The number of furan rings is 1. The van der Waals surface area contributed by atoms with Gasteiger partial charge in [0.25, 0.3) is 0 Å². The van der Waals surface area contributed by atoms with Crippen molar-refractivity contribution in [2.24, 2.45) is 0 Å². The topological polar surface area (TPSA) is 79.6 Å². The van der Waals surface area contributed by atoms with Gasteiger partial charge in [0.05, 0.1) is 19.1 Å². The van der Waals surface area contributed by atoms with Gasteiger partial charge in [0.15, 0.2) is 11.5 Å². The average molecular weight is 216 g/mol. The standard InChI is InChI=1S/C10H9N5O/c1-2-7(16-3-1)4-11-9-8-10(13-5-12-8)15-6-14-9/h1-3,5-6H,4H2,(H2,11,12,13,14,15)/i5D. The molecule has 0 unspecified atom stereocenters. The van der Waals surface area contributed by atoms with Crippen LogP contribution in [-0.2, 0) is 6.54 Å². The van der Waals surface area contributed by atoms with Gasteiger partial charge in [-0.15, -0.1) is 0 Å². The highest BCUT2D eigenvalue weighted by molar-refractivity contribution is 5.81. The molecule has 0 fully saturated rings. The third kappa shape index (κ3) is 1.50. The summed E-state index contributed by atoms with van der Waals surface area (Å²) in [5, 5.41) is 3.10. The van der Waals surface area contributed by atoms with Crippen molar-refractivity contribution < 1.29 is 5.79 Å². The summed E-state index contributed by atoms with van der Waals surface area (Å²) in [6.07, 6.45) is 3.10. The monoisotopic (exact) mass is 216 g/mol. The first-order valence-electron chi connectivity index (χ1n) is 5.26. The lowest BCUT2D eigenvalue weighted by atomic mass is 10.4. The molecule has 0 spiro atoms. The number of anilines is 1. The Kier molecular flexibility index (Phi) is 1.79. The Bertz CT molecular complexity index is 633. The molecule has 0 radical (unpaired) electrons. The fourth-order valence-electron chi connectivity index (χ4n) is 1.43. The number of aromatic nitrogens is 4. The number of nitrogens with one attached hydrogen (secondary N) is 2. The second-order valence-electron chi connectivity index (χ2n) is 3.20. The Balaban J connectivity index is 1.89. The summed E-state index contributed by atoms with van der Waals surface area (Å²) in [6, 6.07) is 3.69. The van der Waals surface area contributed by atoms with E-state index in [1.807, 2.05) is 12.1 Å². The number of aromatic amines is 1. The van der Waals surface area contributed by atoms with Gasteiger partial charge >= 0.3 is 0 Å². The van der Waals surface area contributed by atoms with Crippen LogP contribution in [0, 0.1) is 0 Å². The van der Waals surface area contributed by atoms with Crippen LogP contribution in [0.4, 0.5) is 5.82 Å². The predicted molar refractivity (Wildman–Crippen MR) is 57.7 cm³/mol. The first kappa shape index (κ1) is 7.86. The van der Waals surface area contributed by atoms with Crippen molar-refractivity contribution in [1.29, 1.82) is 0 Å². The minimum atomic E-state index is 0.0709. The lowest BCUT2D eigenvalue weighted by molar-refractivity contribution is 0.518. The van der Waals surface area contributed by atoms with Crippen molar-refractivity contribution in [3.8, 4) is 0 Å². The lowest BCUT2D eigenvalue weighted by Crippen LogP contribution is -2.01. The normalized spacial score (nSPS) is 11.6. The molecule has 3 aromatic rings. The van der Waals surface area contributed by atoms with Crippen molar-refractivity contribution in [3.05, 3.63) is 36.8 Å². The Morgan fingerprint density at radius 2 is 2.44 bits per heavy atom. The van der Waals surface area contributed by atoms with E-state index in [1.54, 1.807) is 6.26 Å². The van der Waals surface area contributed by atoms with Crippen LogP contribution in [0.15, 0.2) is 35.4 Å². The second-order valence-corrected chi connectivity index (χ2v) is 3.20. The van der Waals surface area contributed by atoms with E-state index in [0.29, 0.717) is 23.5 Å². The van der Waals surface area contributed by atoms with Crippen LogP contribution < -0.4 is 5.32 Å². The van der Waals surface area contributed by atoms with Crippen LogP contribution >= 0.6 is 0 Å². The molecule has 0 saturated carbocycles. The van der Waals surface area contributed by atoms with Gasteiger partial charge in [-0.05, 0) is 12.1 Å². The fourth-order valence-corrected chi connectivity index (χ4v) is 1.43. The van der Waals surface area contributed by atoms with Gasteiger partial charge in [-0.25, -0.2) is 15.0 Å². The maximum atomic E-state index is 7.41. The van der Waals surface area contributed by atoms with E-state index in [9.17, 15) is 0 Å². The number of nitrogens with zero attached hydrogens (tertiary/aromatic N) is 3. The molecule has 0 aromatic carbocycles. The Hall–Kier alpha value is -2.37. The molecule has 3 aromatic heterocycles. The third-order valence-electron chi connectivity index (χ3n) is 2.18. The molecule has 0 bridgehead atoms. The summed E-state index contributed by atoms with van der Waals surface area (Å²) < 4.78 is 12.6. The summed E-state index contributed by atoms with van der Waals surface area (Å²) in [7, 11) is 0. The molecule has 0 aliphatic rings. The molecule has 3 rings (SSSR count). The maximum absolute atomic E-state index is 7.41. The minimum Gasteiger partial charge on any atom is -0.467 e. The quantitative estimate of drug-likeness (QED) is 0.694. The number of rotatable bonds is 3. The SMILES string of the molecule is [2H]c1nc2ncnc(NCc3ccco3)c2[nH]1. The van der Waals surface area contributed by atoms with Crippen molar-refractivity contribution in [3.63, 3.8) is 0 Å². The van der Waals surface area contributed by atoms with Gasteiger partial charge in [0.2, 0.25) is 0 Å². The average Bonchev–Trinajstić information content (AvgIpc) is 2.93. The van der Waals surface area contributed by atoms with Gasteiger partial charge < -0.3 is 14.7 Å². The largest absolute Gasteiger partial charge is 0.467 e. The summed E-state index contributed by atoms with van der Waals surface area (Å²) >= 11 is 0. The van der Waals surface area contributed by atoms with Gasteiger partial charge in [-0.2, -0.15) is 0 Å². The third-order valence-corrected chi connectivity index (χ3v) is 2.18. The lowest BCUT2D eigenvalue weighted by Gasteiger charge is -2.03. The summed E-state index contributed by atoms with van der Waals surface area (Å²) in [4.78, 5) is 14.8. The van der Waals surface area contributed by atoms with E-state index in [0.717, 1.165) is 5.76 Å². The van der Waals surface area contributed by atoms with Crippen LogP contribution in [0.2, 0.25) is 0 Å². The van der Waals surface area contributed by atoms with Crippen molar-refractivity contribution in [1.82, 2.24) is 19.9 Å². The highest BCUT2D eigenvalue weighted by atomic mass is 16.3. The van der Waals surface area contributed by atoms with Crippen LogP contribution in [-0.4, -0.2) is 19.9 Å². The molecular formula is C10H9N5O. The zero-order chi connectivity index (χ0) is 11.7. The minimum absolute atomic E-state index is 0.0709. The molecular weight excluding hydrogens is 206 g/mol. The van der Waals surface area contributed by atoms with E-state index in [4.69, 9.17) is 5.79 Å². The molecule has 2 N–H and O–H groups in total. The number of imidazole rings is 1. The van der Waals surface area contributed by atoms with Crippen LogP contribution in [0.1, 0.15) is 7.13 Å². The molecule has 0 saturated heterocycles. The Labute approximate surface area is 92.2 Å². The van der Waals surface area contributed by atoms with Crippen LogP contribution in [0.5, 0.6) is 0 Å². The highest BCUT2D eigenvalue weighted by Gasteiger charge is 2.05. The zero-order valence-corrected chi connectivity index (χ0v) is 8.27. The predicted octanol–water partition coefficient (Wildman–Crippen LogP) is 1.56. The molecule has 0 aliphatic heterocycles. The highest BCUT2D eigenvalue weighted by Crippen LogP contribution is 2.15. The zero-order valence-electron chi connectivity index (χ0n) is 9.27. The Morgan fingerprint density at radius 3 is 3.31 bits per heavy atom. The van der Waals surface area contributed by atoms with Crippen molar-refractivity contribution in [2.45, 2.75) is 6.54 Å². The maximum Gasteiger partial charge on any atom is 0.182 e. The number of fused-ring (bicyclic) bond motifs is 1. The second kappa shape index (κ2) is 3.65. The van der Waals surface area contributed by atoms with Gasteiger partial charge in [-0.3, -0.25) is 0 Å². The Morgan fingerprint density at radius 1 is 1.44 bits per heavy atom. The van der Waals surface area contributed by atoms with Gasteiger partial charge in [-0.1, -0.05) is 0 Å². The molecule has 0 atom stereocenters. The molecule has 0 amide bonds. The number of H-pyrrole nitrogens is 1. The van der Waals surface area contributed by atoms with Crippen molar-refractivity contribution in [2.75, 3.05) is 5.32 Å². The van der Waals surface area contributed by atoms with E-state index in [1.165, 1.54) is 6.33 Å². The van der Waals surface area contributed by atoms with Gasteiger partial charge in [0.1, 0.15) is 19.0 Å². The summed E-state index contributed by atoms with van der Waals surface area (Å²) in [5.41, 5.74) is 1.11. The number of hydrogen-bond acceptors (Lipinski definition) is 5. The van der Waals surface area contributed by atoms with E-state index < -0.39 is 0 Å². The first-order chi connectivity index (χ1) is 8.33. The molecule has 3 heterocycles. The van der Waals surface area contributed by atoms with E-state index >= 15 is 0 Å². The van der Waals surface area contributed by atoms with Crippen LogP contribution in [0.25, 0.3) is 11.2 Å². The van der Waals surface area contributed by atoms with Gasteiger partial charge in [0, 0.05) is 0 Å². The molecule has 6 heteroatoms. The first-order valence-corrected chi connectivity index (χ1v) is 4.76. The molecule has 0 aliphatic carbocycles. The van der Waals surface area contributed by atoms with E-state index in [2.05, 4.69) is 25.3 Å². The van der Waals surface area contributed by atoms with Crippen LogP contribution in [0.3, 0.4) is 0 Å². The molecule has 16 heavy (non-hydrogen) atoms. The fraction of sp³-hybridized carbons (Fsp3) is 0.100. The summed E-state index contributed by atoms with van der Waals surface area (Å²) in [5.74, 6) is 1.42. The molecule has 80 valence electrons. The molecule has 6 nitrogen and oxygen atoms in total.